The van der Waals surface area contributed by atoms with Crippen molar-refractivity contribution in [3.05, 3.63) is 76.0 Å². The second kappa shape index (κ2) is 8.09. The third-order valence-electron chi connectivity index (χ3n) is 5.80. The number of piperazine rings is 1. The van der Waals surface area contributed by atoms with Crippen molar-refractivity contribution < 1.29 is 9.52 Å². The van der Waals surface area contributed by atoms with Crippen molar-refractivity contribution in [2.75, 3.05) is 31.1 Å². The van der Waals surface area contributed by atoms with E-state index in [2.05, 4.69) is 61.7 Å². The minimum Gasteiger partial charge on any atom is -0.492 e. The van der Waals surface area contributed by atoms with Gasteiger partial charge in [0, 0.05) is 36.7 Å². The summed E-state index contributed by atoms with van der Waals surface area (Å²) in [4.78, 5) is 12.2. The van der Waals surface area contributed by atoms with E-state index in [9.17, 15) is 5.11 Å². The molecule has 0 radical (unpaired) electrons. The first-order valence-electron chi connectivity index (χ1n) is 10.5. The number of anilines is 1. The summed E-state index contributed by atoms with van der Waals surface area (Å²) in [6.07, 6.45) is 1.59. The fraction of sp³-hybridized carbons (Fsp3) is 0.217. The largest absolute Gasteiger partial charge is 0.492 e. The van der Waals surface area contributed by atoms with Gasteiger partial charge < -0.3 is 14.4 Å². The average molecular weight is 464 g/mol. The zero-order chi connectivity index (χ0) is 21.5. The normalized spacial score (nSPS) is 16.1. The van der Waals surface area contributed by atoms with E-state index in [-0.39, 0.29) is 11.9 Å². The summed E-state index contributed by atoms with van der Waals surface area (Å²) in [6, 6.07) is 18.3. The Labute approximate surface area is 192 Å². The van der Waals surface area contributed by atoms with Crippen molar-refractivity contribution in [1.82, 2.24) is 19.5 Å². The van der Waals surface area contributed by atoms with Crippen molar-refractivity contribution in [2.45, 2.75) is 6.04 Å². The molecular formula is C23H21N5O2S2. The highest BCUT2D eigenvalue weighted by atomic mass is 32.1. The Hall–Kier alpha value is -3.14. The maximum atomic E-state index is 11.1. The standard InChI is InChI=1S/C23H21N5O2S2/c29-22-20(32-23-24-21(25-28(22)23)17-8-4-14-30-17)19(18-9-5-15-31-18)27-12-10-26(11-13-27)16-6-2-1-3-7-16/h1-9,14-15,19,29H,10-13H2/t19-/m0/s1. The molecule has 0 spiro atoms. The van der Waals surface area contributed by atoms with Crippen molar-refractivity contribution in [1.29, 1.82) is 0 Å². The molecule has 0 aliphatic carbocycles. The van der Waals surface area contributed by atoms with Crippen LogP contribution in [-0.4, -0.2) is 50.8 Å². The quantitative estimate of drug-likeness (QED) is 0.406. The number of rotatable bonds is 5. The molecule has 5 aromatic rings. The van der Waals surface area contributed by atoms with Crippen molar-refractivity contribution in [3.8, 4) is 17.5 Å². The fourth-order valence-electron chi connectivity index (χ4n) is 4.24. The second-order valence-electron chi connectivity index (χ2n) is 7.67. The van der Waals surface area contributed by atoms with E-state index in [1.165, 1.54) is 26.4 Å². The lowest BCUT2D eigenvalue weighted by Crippen LogP contribution is -2.47. The molecule has 1 aromatic carbocycles. The Morgan fingerprint density at radius 1 is 0.969 bits per heavy atom. The third kappa shape index (κ3) is 3.38. The lowest BCUT2D eigenvalue weighted by molar-refractivity contribution is 0.213. The number of benzene rings is 1. The number of fused-ring (bicyclic) bond motifs is 1. The number of furan rings is 1. The van der Waals surface area contributed by atoms with E-state index in [1.54, 1.807) is 23.7 Å². The molecule has 0 saturated carbocycles. The summed E-state index contributed by atoms with van der Waals surface area (Å²) in [5.41, 5.74) is 1.26. The molecular weight excluding hydrogens is 442 g/mol. The number of aromatic hydroxyl groups is 1. The molecule has 5 heterocycles. The summed E-state index contributed by atoms with van der Waals surface area (Å²) in [6.45, 7) is 3.69. The predicted molar refractivity (Wildman–Crippen MR) is 127 cm³/mol. The van der Waals surface area contributed by atoms with Crippen LogP contribution in [0.4, 0.5) is 5.69 Å². The molecule has 1 N–H and O–H groups in total. The SMILES string of the molecule is Oc1c([C@H](c2cccs2)N2CCN(c3ccccc3)CC2)sc2nc(-c3ccco3)nn12. The lowest BCUT2D eigenvalue weighted by Gasteiger charge is -2.39. The monoisotopic (exact) mass is 463 g/mol. The zero-order valence-corrected chi connectivity index (χ0v) is 18.8. The molecule has 1 saturated heterocycles. The summed E-state index contributed by atoms with van der Waals surface area (Å²) in [5, 5.41) is 17.7. The first-order chi connectivity index (χ1) is 15.8. The zero-order valence-electron chi connectivity index (χ0n) is 17.2. The van der Waals surface area contributed by atoms with E-state index in [0.717, 1.165) is 31.1 Å². The van der Waals surface area contributed by atoms with Crippen LogP contribution in [0, 0.1) is 0 Å². The van der Waals surface area contributed by atoms with Crippen LogP contribution in [0.25, 0.3) is 16.5 Å². The number of hydrogen-bond donors (Lipinski definition) is 1. The first kappa shape index (κ1) is 19.5. The second-order valence-corrected chi connectivity index (χ2v) is 9.66. The summed E-state index contributed by atoms with van der Waals surface area (Å²) in [5.74, 6) is 1.22. The van der Waals surface area contributed by atoms with E-state index >= 15 is 0 Å². The van der Waals surface area contributed by atoms with Crippen LogP contribution in [-0.2, 0) is 0 Å². The Balaban J connectivity index is 1.32. The number of hydrogen-bond acceptors (Lipinski definition) is 8. The molecule has 1 aliphatic rings. The average Bonchev–Trinajstić information content (AvgIpc) is 3.63. The summed E-state index contributed by atoms with van der Waals surface area (Å²) in [7, 11) is 0. The Kier molecular flexibility index (Phi) is 4.94. The highest BCUT2D eigenvalue weighted by Gasteiger charge is 2.32. The van der Waals surface area contributed by atoms with E-state index in [1.807, 2.05) is 12.1 Å². The number of para-hydroxylation sites is 1. The minimum absolute atomic E-state index is 0.0199. The van der Waals surface area contributed by atoms with Crippen molar-refractivity contribution >= 4 is 33.3 Å². The maximum absolute atomic E-state index is 11.1. The summed E-state index contributed by atoms with van der Waals surface area (Å²) < 4.78 is 6.94. The van der Waals surface area contributed by atoms with Gasteiger partial charge in [-0.1, -0.05) is 35.6 Å². The molecule has 0 bridgehead atoms. The molecule has 4 aromatic heterocycles. The lowest BCUT2D eigenvalue weighted by atomic mass is 10.1. The molecule has 32 heavy (non-hydrogen) atoms. The highest BCUT2D eigenvalue weighted by Crippen LogP contribution is 2.42. The minimum atomic E-state index is -0.0199. The van der Waals surface area contributed by atoms with Crippen molar-refractivity contribution in [3.63, 3.8) is 0 Å². The van der Waals surface area contributed by atoms with Gasteiger partial charge in [0.1, 0.15) is 0 Å². The van der Waals surface area contributed by atoms with Gasteiger partial charge in [-0.2, -0.15) is 9.50 Å². The van der Waals surface area contributed by atoms with Gasteiger partial charge >= 0.3 is 0 Å². The van der Waals surface area contributed by atoms with Gasteiger partial charge in [-0.15, -0.1) is 16.4 Å². The van der Waals surface area contributed by atoms with Gasteiger partial charge in [0.25, 0.3) is 0 Å². The van der Waals surface area contributed by atoms with Crippen LogP contribution in [0.3, 0.4) is 0 Å². The Bertz CT molecular complexity index is 1300. The van der Waals surface area contributed by atoms with Gasteiger partial charge in [-0.25, -0.2) is 0 Å². The predicted octanol–water partition coefficient (Wildman–Crippen LogP) is 4.73. The van der Waals surface area contributed by atoms with Crippen LogP contribution in [0.1, 0.15) is 15.8 Å². The summed E-state index contributed by atoms with van der Waals surface area (Å²) >= 11 is 3.20. The number of nitrogens with zero attached hydrogens (tertiary/aromatic N) is 5. The maximum Gasteiger partial charge on any atom is 0.230 e. The molecule has 162 valence electrons. The molecule has 1 fully saturated rings. The topological polar surface area (TPSA) is 70.0 Å². The molecule has 1 aliphatic heterocycles. The molecule has 6 rings (SSSR count). The van der Waals surface area contributed by atoms with Crippen LogP contribution in [0.2, 0.25) is 0 Å². The van der Waals surface area contributed by atoms with Crippen LogP contribution in [0.15, 0.2) is 70.7 Å². The smallest absolute Gasteiger partial charge is 0.230 e. The van der Waals surface area contributed by atoms with Gasteiger partial charge in [0.05, 0.1) is 17.2 Å². The number of aromatic nitrogens is 3. The number of thiazole rings is 1. The van der Waals surface area contributed by atoms with Crippen LogP contribution in [0.5, 0.6) is 5.88 Å². The Morgan fingerprint density at radius 3 is 2.50 bits per heavy atom. The van der Waals surface area contributed by atoms with Crippen LogP contribution < -0.4 is 4.90 Å². The molecule has 0 amide bonds. The number of thiophene rings is 1. The van der Waals surface area contributed by atoms with E-state index in [0.29, 0.717) is 16.5 Å². The molecule has 0 unspecified atom stereocenters. The van der Waals surface area contributed by atoms with Gasteiger partial charge in [0.2, 0.25) is 16.7 Å². The van der Waals surface area contributed by atoms with E-state index < -0.39 is 0 Å². The molecule has 7 nitrogen and oxygen atoms in total. The van der Waals surface area contributed by atoms with E-state index in [4.69, 9.17) is 4.42 Å². The van der Waals surface area contributed by atoms with Crippen LogP contribution >= 0.6 is 22.7 Å². The van der Waals surface area contributed by atoms with Crippen molar-refractivity contribution in [2.24, 2.45) is 0 Å². The molecule has 1 atom stereocenters. The van der Waals surface area contributed by atoms with Gasteiger partial charge in [-0.05, 0) is 35.7 Å². The fourth-order valence-corrected chi connectivity index (χ4v) is 6.29. The third-order valence-corrected chi connectivity index (χ3v) is 7.80. The molecule has 9 heteroatoms. The van der Waals surface area contributed by atoms with Gasteiger partial charge in [-0.3, -0.25) is 4.90 Å². The van der Waals surface area contributed by atoms with Gasteiger partial charge in [0.15, 0.2) is 5.76 Å². The highest BCUT2D eigenvalue weighted by molar-refractivity contribution is 7.17. The first-order valence-corrected chi connectivity index (χ1v) is 12.2. The Morgan fingerprint density at radius 2 is 1.81 bits per heavy atom.